The molecule has 2 atom stereocenters. The molecule has 0 N–H and O–H groups in total. The van der Waals surface area contributed by atoms with Crippen LogP contribution in [0, 0.1) is 5.41 Å². The monoisotopic (exact) mass is 536 g/mol. The molecule has 0 saturated carbocycles. The van der Waals surface area contributed by atoms with E-state index in [0.29, 0.717) is 5.39 Å². The van der Waals surface area contributed by atoms with Crippen LogP contribution in [0.4, 0.5) is 13.2 Å². The van der Waals surface area contributed by atoms with E-state index in [1.165, 1.54) is 24.3 Å². The summed E-state index contributed by atoms with van der Waals surface area (Å²) in [5, 5.41) is 1.32. The van der Waals surface area contributed by atoms with E-state index in [9.17, 15) is 27.6 Å². The van der Waals surface area contributed by atoms with Gasteiger partial charge in [-0.2, -0.15) is 13.2 Å². The summed E-state index contributed by atoms with van der Waals surface area (Å²) >= 11 is 0. The minimum Gasteiger partial charge on any atom is -0.449 e. The maximum absolute atomic E-state index is 14.6. The fourth-order valence-corrected chi connectivity index (χ4v) is 5.45. The van der Waals surface area contributed by atoms with Gasteiger partial charge < -0.3 is 18.9 Å². The smallest absolute Gasteiger partial charge is 0.432 e. The molecule has 39 heavy (non-hydrogen) atoms. The molecular formula is C29H19F3O7. The molecular weight excluding hydrogens is 517 g/mol. The molecule has 0 bridgehead atoms. The summed E-state index contributed by atoms with van der Waals surface area (Å²) in [5.74, 6) is -5.10. The minimum atomic E-state index is -5.29. The van der Waals surface area contributed by atoms with Crippen LogP contribution in [0.2, 0.25) is 0 Å². The Morgan fingerprint density at radius 2 is 1.44 bits per heavy atom. The standard InChI is InChI=1S/C29H19F3O7/c1-36-28(29(30,31)32,18-9-3-2-4-10-18)25(35)37-24-26(21(33)13-14-22(26)34)15-16-27(24)38-19-11-5-7-17-8-6-12-20(39-27)23(17)19/h2-16,24H,1H3/t24?,28-/m0/s1. The van der Waals surface area contributed by atoms with E-state index in [-0.39, 0.29) is 11.5 Å². The number of ketones is 2. The molecule has 1 aliphatic heterocycles. The molecule has 0 saturated heterocycles. The number of hydrogen-bond acceptors (Lipinski definition) is 7. The van der Waals surface area contributed by atoms with Crippen molar-refractivity contribution in [2.45, 2.75) is 23.7 Å². The molecule has 0 fully saturated rings. The van der Waals surface area contributed by atoms with Crippen LogP contribution >= 0.6 is 0 Å². The molecule has 0 radical (unpaired) electrons. The second-order valence-electron chi connectivity index (χ2n) is 9.33. The van der Waals surface area contributed by atoms with Gasteiger partial charge in [-0.3, -0.25) is 9.59 Å². The number of alkyl halides is 3. The number of hydrogen-bond donors (Lipinski definition) is 0. The molecule has 10 heteroatoms. The molecule has 0 amide bonds. The summed E-state index contributed by atoms with van der Waals surface area (Å²) in [5.41, 5.74) is -6.33. The van der Waals surface area contributed by atoms with Gasteiger partial charge in [0.05, 0.1) is 5.39 Å². The van der Waals surface area contributed by atoms with Gasteiger partial charge in [0, 0.05) is 18.7 Å². The van der Waals surface area contributed by atoms with Crippen molar-refractivity contribution in [3.05, 3.63) is 96.6 Å². The summed E-state index contributed by atoms with van der Waals surface area (Å²) in [4.78, 5) is 39.9. The summed E-state index contributed by atoms with van der Waals surface area (Å²) in [6, 6.07) is 16.4. The third-order valence-electron chi connectivity index (χ3n) is 7.32. The van der Waals surface area contributed by atoms with Gasteiger partial charge in [0.2, 0.25) is 6.10 Å². The number of rotatable bonds is 4. The Bertz CT molecular complexity index is 1530. The molecule has 1 heterocycles. The van der Waals surface area contributed by atoms with E-state index in [4.69, 9.17) is 18.9 Å². The summed E-state index contributed by atoms with van der Waals surface area (Å²) in [6.07, 6.45) is -2.91. The zero-order valence-corrected chi connectivity index (χ0v) is 20.2. The third-order valence-corrected chi connectivity index (χ3v) is 7.32. The highest BCUT2D eigenvalue weighted by atomic mass is 19.4. The summed E-state index contributed by atoms with van der Waals surface area (Å²) in [6.45, 7) is 0. The summed E-state index contributed by atoms with van der Waals surface area (Å²) < 4.78 is 66.6. The number of esters is 1. The van der Waals surface area contributed by atoms with Gasteiger partial charge in [0.1, 0.15) is 11.5 Å². The highest BCUT2D eigenvalue weighted by molar-refractivity contribution is 6.25. The lowest BCUT2D eigenvalue weighted by molar-refractivity contribution is -0.285. The largest absolute Gasteiger partial charge is 0.449 e. The highest BCUT2D eigenvalue weighted by Crippen LogP contribution is 2.53. The lowest BCUT2D eigenvalue weighted by Crippen LogP contribution is -2.62. The second-order valence-corrected chi connectivity index (χ2v) is 9.33. The molecule has 1 unspecified atom stereocenters. The number of carbonyl (C=O) groups is 3. The Morgan fingerprint density at radius 1 is 0.846 bits per heavy atom. The predicted molar refractivity (Wildman–Crippen MR) is 130 cm³/mol. The van der Waals surface area contributed by atoms with Crippen molar-refractivity contribution in [2.24, 2.45) is 5.41 Å². The zero-order valence-electron chi connectivity index (χ0n) is 20.2. The maximum atomic E-state index is 14.6. The van der Waals surface area contributed by atoms with Crippen LogP contribution in [0.3, 0.4) is 0 Å². The van der Waals surface area contributed by atoms with E-state index < -0.39 is 52.2 Å². The van der Waals surface area contributed by atoms with Gasteiger partial charge in [0.25, 0.3) is 5.60 Å². The lowest BCUT2D eigenvalue weighted by atomic mass is 9.79. The number of halogens is 3. The summed E-state index contributed by atoms with van der Waals surface area (Å²) in [7, 11) is 0.720. The lowest BCUT2D eigenvalue weighted by Gasteiger charge is -2.43. The molecule has 198 valence electrons. The number of ether oxygens (including phenoxy) is 4. The van der Waals surface area contributed by atoms with Crippen LogP contribution in [0.5, 0.6) is 11.5 Å². The normalized spacial score (nSPS) is 21.7. The van der Waals surface area contributed by atoms with Crippen LogP contribution in [-0.2, 0) is 29.5 Å². The molecule has 2 spiro atoms. The first-order valence-electron chi connectivity index (χ1n) is 11.8. The Hall–Kier alpha value is -4.44. The predicted octanol–water partition coefficient (Wildman–Crippen LogP) is 4.59. The van der Waals surface area contributed by atoms with Crippen molar-refractivity contribution in [2.75, 3.05) is 7.11 Å². The van der Waals surface area contributed by atoms with Gasteiger partial charge in [0.15, 0.2) is 17.0 Å². The van der Waals surface area contributed by atoms with E-state index >= 15 is 0 Å². The van der Waals surface area contributed by atoms with Crippen molar-refractivity contribution in [1.29, 1.82) is 0 Å². The number of carbonyl (C=O) groups excluding carboxylic acids is 3. The second kappa shape index (κ2) is 8.28. The fourth-order valence-electron chi connectivity index (χ4n) is 5.45. The van der Waals surface area contributed by atoms with Crippen LogP contribution in [0.25, 0.3) is 10.8 Å². The number of allylic oxidation sites excluding steroid dienone is 2. The van der Waals surface area contributed by atoms with Crippen molar-refractivity contribution >= 4 is 28.3 Å². The van der Waals surface area contributed by atoms with Gasteiger partial charge in [-0.15, -0.1) is 0 Å². The zero-order chi connectivity index (χ0) is 27.6. The topological polar surface area (TPSA) is 88.1 Å². The Morgan fingerprint density at radius 3 is 1.97 bits per heavy atom. The Balaban J connectivity index is 1.50. The van der Waals surface area contributed by atoms with Crippen molar-refractivity contribution < 1.29 is 46.5 Å². The molecule has 3 aromatic rings. The van der Waals surface area contributed by atoms with Crippen molar-refractivity contribution in [3.8, 4) is 11.5 Å². The maximum Gasteiger partial charge on any atom is 0.432 e. The van der Waals surface area contributed by atoms with Gasteiger partial charge in [-0.25, -0.2) is 4.79 Å². The first-order valence-corrected chi connectivity index (χ1v) is 11.8. The highest BCUT2D eigenvalue weighted by Gasteiger charge is 2.71. The molecule has 3 aliphatic rings. The number of methoxy groups -OCH3 is 1. The van der Waals surface area contributed by atoms with Crippen molar-refractivity contribution in [3.63, 3.8) is 0 Å². The van der Waals surface area contributed by atoms with Gasteiger partial charge in [-0.05, 0) is 29.7 Å². The average Bonchev–Trinajstić information content (AvgIpc) is 3.37. The van der Waals surface area contributed by atoms with E-state index in [0.717, 1.165) is 42.9 Å². The van der Waals surface area contributed by atoms with Gasteiger partial charge in [-0.1, -0.05) is 60.7 Å². The molecule has 2 aliphatic carbocycles. The van der Waals surface area contributed by atoms with Crippen molar-refractivity contribution in [1.82, 2.24) is 0 Å². The van der Waals surface area contributed by atoms with Crippen LogP contribution in [0.15, 0.2) is 91.0 Å². The quantitative estimate of drug-likeness (QED) is 0.274. The Labute approximate surface area is 219 Å². The van der Waals surface area contributed by atoms with Crippen LogP contribution in [0.1, 0.15) is 5.56 Å². The molecule has 0 aromatic heterocycles. The number of benzene rings is 3. The van der Waals surface area contributed by atoms with E-state index in [1.54, 1.807) is 36.4 Å². The SMILES string of the molecule is CO[C@](C(=O)OC1C2(C=CC13C(=O)C=CC3=O)Oc1cccc3cccc(c13)O2)(c1ccccc1)C(F)(F)F. The first kappa shape index (κ1) is 24.9. The van der Waals surface area contributed by atoms with Crippen LogP contribution < -0.4 is 9.47 Å². The van der Waals surface area contributed by atoms with Gasteiger partial charge >= 0.3 is 17.9 Å². The molecule has 7 nitrogen and oxygen atoms in total. The first-order chi connectivity index (χ1) is 18.6. The molecule has 6 rings (SSSR count). The molecule has 3 aromatic carbocycles. The third kappa shape index (κ3) is 3.24. The fraction of sp³-hybridized carbons (Fsp3) is 0.207. The van der Waals surface area contributed by atoms with E-state index in [2.05, 4.69) is 0 Å². The average molecular weight is 536 g/mol. The minimum absolute atomic E-state index is 0.264. The van der Waals surface area contributed by atoms with E-state index in [1.807, 2.05) is 0 Å². The van der Waals surface area contributed by atoms with Crippen LogP contribution in [-0.4, -0.2) is 42.7 Å². The Kier molecular flexibility index (Phi) is 5.28.